The average Bonchev–Trinajstić information content (AvgIpc) is 2.03. The first-order chi connectivity index (χ1) is 5.68. The first-order valence-corrected chi connectivity index (χ1v) is 3.81. The van der Waals surface area contributed by atoms with E-state index in [1.807, 2.05) is 34.4 Å². The van der Waals surface area contributed by atoms with E-state index < -0.39 is 0 Å². The fourth-order valence-corrected chi connectivity index (χ4v) is 0.541. The van der Waals surface area contributed by atoms with Gasteiger partial charge in [-0.05, 0) is 0 Å². The topological polar surface area (TPSA) is 0 Å². The zero-order valence-electron chi connectivity index (χ0n) is 7.40. The summed E-state index contributed by atoms with van der Waals surface area (Å²) in [6.45, 7) is 9.33. The summed E-state index contributed by atoms with van der Waals surface area (Å²) in [7, 11) is 17.7. The van der Waals surface area contributed by atoms with Gasteiger partial charge in [0.1, 0.15) is 0 Å². The van der Waals surface area contributed by atoms with Gasteiger partial charge in [0.2, 0.25) is 0 Å². The zero-order valence-corrected chi connectivity index (χ0v) is 7.40. The standard InChI is InChI=1S/C3H5B9/c1-3(2)12(5)11-10-9-8-7-6-4/h1H2,2H3. The monoisotopic (exact) mass is 140 g/mol. The summed E-state index contributed by atoms with van der Waals surface area (Å²) in [6.07, 6.45) is 0. The van der Waals surface area contributed by atoms with Gasteiger partial charge in [0.15, 0.2) is 0 Å². The molecule has 0 aliphatic carbocycles. The van der Waals surface area contributed by atoms with Gasteiger partial charge in [0, 0.05) is 0 Å². The molecule has 0 bridgehead atoms. The summed E-state index contributed by atoms with van der Waals surface area (Å²) in [5.41, 5.74) is 0.953. The Kier molecular flexibility index (Phi) is 8.16. The van der Waals surface area contributed by atoms with Gasteiger partial charge >= 0.3 is 82.6 Å². The third-order valence-electron chi connectivity index (χ3n) is 1.33. The van der Waals surface area contributed by atoms with E-state index in [1.54, 1.807) is 7.06 Å². The van der Waals surface area contributed by atoms with E-state index in [2.05, 4.69) is 6.58 Å². The van der Waals surface area contributed by atoms with E-state index in [0.29, 0.717) is 0 Å². The Morgan fingerprint density at radius 3 is 2.50 bits per heavy atom. The predicted molar refractivity (Wildman–Crippen MR) is 66.6 cm³/mol. The molecular weight excluding hydrogens is 133 g/mol. The Bertz CT molecular complexity index is 152. The number of hydrogen-bond acceptors (Lipinski definition) is 0. The van der Waals surface area contributed by atoms with Gasteiger partial charge in [0.25, 0.3) is 0 Å². The van der Waals surface area contributed by atoms with Gasteiger partial charge in [-0.3, -0.25) is 0 Å². The van der Waals surface area contributed by atoms with Crippen LogP contribution in [0.3, 0.4) is 0 Å². The Hall–Kier alpha value is 0.324. The van der Waals surface area contributed by atoms with Crippen molar-refractivity contribution in [1.82, 2.24) is 0 Å². The molecule has 0 aromatic rings. The van der Waals surface area contributed by atoms with Gasteiger partial charge in [-0.25, -0.2) is 0 Å². The summed E-state index contributed by atoms with van der Waals surface area (Å²) in [6, 6.07) is 0. The summed E-state index contributed by atoms with van der Waals surface area (Å²) >= 11 is 0. The minimum absolute atomic E-state index is 0.0588. The number of hydrogen-bond donors (Lipinski definition) is 0. The number of allylic oxidation sites excluding steroid dienone is 1. The molecule has 8 radical (unpaired) electrons. The first kappa shape index (κ1) is 12.3. The van der Waals surface area contributed by atoms with Gasteiger partial charge in [0.05, 0.1) is 0 Å². The third kappa shape index (κ3) is 7.00. The van der Waals surface area contributed by atoms with Crippen molar-refractivity contribution in [2.24, 2.45) is 0 Å². The molecule has 0 rings (SSSR count). The first-order valence-electron chi connectivity index (χ1n) is 3.81. The van der Waals surface area contributed by atoms with Crippen LogP contribution in [0.4, 0.5) is 0 Å². The maximum atomic E-state index is 5.67. The van der Waals surface area contributed by atoms with Crippen LogP contribution in [0.1, 0.15) is 6.92 Å². The fraction of sp³-hybridized carbons (Fsp3) is 0.333. The molecule has 12 heavy (non-hydrogen) atoms. The molecule has 0 saturated heterocycles. The second-order valence-electron chi connectivity index (χ2n) is 2.53. The molecule has 0 aromatic carbocycles. The van der Waals surface area contributed by atoms with E-state index in [-0.39, 0.29) is 6.49 Å². The van der Waals surface area contributed by atoms with Gasteiger partial charge in [-0.15, -0.1) is 0 Å². The molecule has 0 amide bonds. The SMILES string of the molecule is [B][B][B][B][B]B=BB([B])C(=C)C. The van der Waals surface area contributed by atoms with Gasteiger partial charge < -0.3 is 0 Å². The van der Waals surface area contributed by atoms with Crippen LogP contribution in [-0.4, -0.2) is 63.6 Å². The van der Waals surface area contributed by atoms with Crippen molar-refractivity contribution in [2.75, 3.05) is 0 Å². The summed E-state index contributed by atoms with van der Waals surface area (Å²) < 4.78 is 0. The molecule has 0 heterocycles. The fourth-order valence-electron chi connectivity index (χ4n) is 0.541. The molecule has 0 nitrogen and oxygen atoms in total. The van der Waals surface area contributed by atoms with Gasteiger partial charge in [-0.1, -0.05) is 0 Å². The van der Waals surface area contributed by atoms with Crippen molar-refractivity contribution < 1.29 is 0 Å². The van der Waals surface area contributed by atoms with Crippen LogP contribution in [0.5, 0.6) is 0 Å². The quantitative estimate of drug-likeness (QED) is 0.285. The van der Waals surface area contributed by atoms with Crippen molar-refractivity contribution in [1.29, 1.82) is 0 Å². The van der Waals surface area contributed by atoms with E-state index in [0.717, 1.165) is 5.47 Å². The van der Waals surface area contributed by atoms with E-state index in [1.165, 1.54) is 7.06 Å². The Labute approximate surface area is 83.0 Å². The van der Waals surface area contributed by atoms with Crippen molar-refractivity contribution in [3.63, 3.8) is 0 Å². The normalized spacial score (nSPS) is 7.75. The molecule has 0 aliphatic rings. The van der Waals surface area contributed by atoms with Crippen molar-refractivity contribution in [3.05, 3.63) is 12.1 Å². The average molecular weight is 138 g/mol. The molecule has 0 aromatic heterocycles. The molecule has 0 spiro atoms. The second kappa shape index (κ2) is 7.95. The molecule has 44 valence electrons. The molecule has 0 N–H and O–H groups in total. The van der Waals surface area contributed by atoms with Crippen LogP contribution in [0.15, 0.2) is 12.1 Å². The summed E-state index contributed by atoms with van der Waals surface area (Å²) in [5, 5.41) is 0. The molecule has 0 atom stereocenters. The van der Waals surface area contributed by atoms with E-state index in [4.69, 9.17) is 15.5 Å². The van der Waals surface area contributed by atoms with Crippen molar-refractivity contribution in [2.45, 2.75) is 6.92 Å². The minimum atomic E-state index is -0.0588. The molecular formula is C3H5B9. The maximum absolute atomic E-state index is 5.67. The summed E-state index contributed by atoms with van der Waals surface area (Å²) in [4.78, 5) is 0. The predicted octanol–water partition coefficient (Wildman–Crippen LogP) is -2.36. The molecule has 0 aliphatic heterocycles. The second-order valence-corrected chi connectivity index (χ2v) is 2.53. The molecule has 0 saturated carbocycles. The van der Waals surface area contributed by atoms with Crippen LogP contribution >= 0.6 is 0 Å². The van der Waals surface area contributed by atoms with Crippen LogP contribution in [0.2, 0.25) is 0 Å². The van der Waals surface area contributed by atoms with Crippen LogP contribution in [0.25, 0.3) is 0 Å². The Morgan fingerprint density at radius 1 is 1.33 bits per heavy atom. The molecule has 0 fully saturated rings. The third-order valence-corrected chi connectivity index (χ3v) is 1.33. The molecule has 0 unspecified atom stereocenters. The van der Waals surface area contributed by atoms with Crippen LogP contribution < -0.4 is 0 Å². The van der Waals surface area contributed by atoms with Crippen LogP contribution in [0, 0.1) is 0 Å². The Balaban J connectivity index is 3.41. The van der Waals surface area contributed by atoms with Crippen LogP contribution in [-0.2, 0) is 0 Å². The Morgan fingerprint density at radius 2 is 2.00 bits per heavy atom. The van der Waals surface area contributed by atoms with Gasteiger partial charge in [-0.2, -0.15) is 0 Å². The molecule has 9 heteroatoms. The van der Waals surface area contributed by atoms with E-state index in [9.17, 15) is 0 Å². The summed E-state index contributed by atoms with van der Waals surface area (Å²) in [5.74, 6) is 0. The van der Waals surface area contributed by atoms with E-state index >= 15 is 0 Å². The van der Waals surface area contributed by atoms with Crippen molar-refractivity contribution >= 4 is 63.6 Å². The zero-order chi connectivity index (χ0) is 9.40. The van der Waals surface area contributed by atoms with Crippen molar-refractivity contribution in [3.8, 4) is 0 Å². The number of rotatable bonds is 6.